The van der Waals surface area contributed by atoms with Crippen molar-refractivity contribution in [3.8, 4) is 0 Å². The predicted molar refractivity (Wildman–Crippen MR) is 119 cm³/mol. The van der Waals surface area contributed by atoms with E-state index >= 15 is 0 Å². The zero-order valence-electron chi connectivity index (χ0n) is 18.6. The van der Waals surface area contributed by atoms with E-state index in [1.54, 1.807) is 0 Å². The molecule has 1 N–H and O–H groups in total. The van der Waals surface area contributed by atoms with Crippen LogP contribution in [0.3, 0.4) is 0 Å². The van der Waals surface area contributed by atoms with Crippen molar-refractivity contribution >= 4 is 11.6 Å². The van der Waals surface area contributed by atoms with Crippen LogP contribution in [-0.2, 0) is 13.6 Å². The highest BCUT2D eigenvalue weighted by atomic mass is 15.3. The molecule has 30 heavy (non-hydrogen) atoms. The van der Waals surface area contributed by atoms with E-state index in [9.17, 15) is 0 Å². The molecule has 1 fully saturated rings. The average molecular weight is 406 g/mol. The molecule has 0 radical (unpaired) electrons. The number of nitrogens with one attached hydrogen (secondary N) is 1. The van der Waals surface area contributed by atoms with Gasteiger partial charge in [0, 0.05) is 49.6 Å². The molecule has 7 heteroatoms. The Hall–Kier alpha value is -2.80. The monoisotopic (exact) mass is 405 g/mol. The largest absolute Gasteiger partial charge is 0.325 e. The maximum atomic E-state index is 4.78. The van der Waals surface area contributed by atoms with Crippen LogP contribution >= 0.6 is 0 Å². The van der Waals surface area contributed by atoms with E-state index in [2.05, 4.69) is 52.1 Å². The molecule has 0 saturated carbocycles. The van der Waals surface area contributed by atoms with E-state index in [-0.39, 0.29) is 0 Å². The van der Waals surface area contributed by atoms with Gasteiger partial charge >= 0.3 is 0 Å². The predicted octanol–water partition coefficient (Wildman–Crippen LogP) is 3.96. The SMILES string of the molecule is Cc1ccnc(Nc2cc(C3CCCN(Cc4c(C)nn(C)c4C)C3)nc(C)n2)c1. The van der Waals surface area contributed by atoms with Crippen molar-refractivity contribution in [2.24, 2.45) is 7.05 Å². The van der Waals surface area contributed by atoms with Crippen LogP contribution < -0.4 is 5.32 Å². The smallest absolute Gasteiger partial charge is 0.135 e. The maximum absolute atomic E-state index is 4.78. The summed E-state index contributed by atoms with van der Waals surface area (Å²) in [5.41, 5.74) is 6.02. The van der Waals surface area contributed by atoms with Gasteiger partial charge in [0.1, 0.15) is 17.5 Å². The molecule has 3 aromatic heterocycles. The minimum Gasteiger partial charge on any atom is -0.325 e. The Morgan fingerprint density at radius 2 is 1.93 bits per heavy atom. The minimum atomic E-state index is 0.406. The quantitative estimate of drug-likeness (QED) is 0.693. The minimum absolute atomic E-state index is 0.406. The van der Waals surface area contributed by atoms with Gasteiger partial charge in [-0.15, -0.1) is 0 Å². The zero-order valence-corrected chi connectivity index (χ0v) is 18.6. The van der Waals surface area contributed by atoms with Gasteiger partial charge in [0.25, 0.3) is 0 Å². The number of rotatable bonds is 5. The van der Waals surface area contributed by atoms with Crippen LogP contribution in [0.5, 0.6) is 0 Å². The molecule has 1 saturated heterocycles. The topological polar surface area (TPSA) is 71.8 Å². The summed E-state index contributed by atoms with van der Waals surface area (Å²) in [6.45, 7) is 11.4. The molecule has 0 aliphatic carbocycles. The molecule has 1 atom stereocenters. The molecule has 1 aliphatic rings. The number of aryl methyl sites for hydroxylation is 4. The molecule has 158 valence electrons. The standard InChI is InChI=1S/C23H31N7/c1-15-8-9-24-22(11-15)27-23-12-21(25-18(4)26-23)19-7-6-10-30(13-19)14-20-16(2)28-29(5)17(20)3/h8-9,11-12,19H,6-7,10,13-14H2,1-5H3,(H,24,25,26,27). The van der Waals surface area contributed by atoms with Gasteiger partial charge in [-0.3, -0.25) is 9.58 Å². The van der Waals surface area contributed by atoms with Crippen LogP contribution in [0.15, 0.2) is 24.4 Å². The summed E-state index contributed by atoms with van der Waals surface area (Å²) in [7, 11) is 2.02. The highest BCUT2D eigenvalue weighted by molar-refractivity contribution is 5.52. The molecule has 0 aromatic carbocycles. The molecule has 1 unspecified atom stereocenters. The van der Waals surface area contributed by atoms with E-state index in [4.69, 9.17) is 4.98 Å². The summed E-state index contributed by atoms with van der Waals surface area (Å²) in [6.07, 6.45) is 4.14. The Kier molecular flexibility index (Phi) is 5.81. The number of hydrogen-bond acceptors (Lipinski definition) is 6. The van der Waals surface area contributed by atoms with Crippen LogP contribution in [0.25, 0.3) is 0 Å². The van der Waals surface area contributed by atoms with Gasteiger partial charge in [0.2, 0.25) is 0 Å². The average Bonchev–Trinajstić information content (AvgIpc) is 2.94. The first-order valence-corrected chi connectivity index (χ1v) is 10.7. The van der Waals surface area contributed by atoms with Crippen LogP contribution in [0, 0.1) is 27.7 Å². The van der Waals surface area contributed by atoms with Gasteiger partial charge in [0.15, 0.2) is 0 Å². The number of hydrogen-bond donors (Lipinski definition) is 1. The normalized spacial score (nSPS) is 17.3. The second-order valence-electron chi connectivity index (χ2n) is 8.42. The highest BCUT2D eigenvalue weighted by Gasteiger charge is 2.25. The lowest BCUT2D eigenvalue weighted by Gasteiger charge is -2.32. The molecule has 4 heterocycles. The van der Waals surface area contributed by atoms with E-state index in [1.807, 2.05) is 37.0 Å². The number of likely N-dealkylation sites (tertiary alicyclic amines) is 1. The van der Waals surface area contributed by atoms with Gasteiger partial charge in [0.05, 0.1) is 11.4 Å². The third-order valence-corrected chi connectivity index (χ3v) is 5.99. The first-order chi connectivity index (χ1) is 14.4. The molecular weight excluding hydrogens is 374 g/mol. The van der Waals surface area contributed by atoms with Crippen molar-refractivity contribution < 1.29 is 0 Å². The fraction of sp³-hybridized carbons (Fsp3) is 0.478. The highest BCUT2D eigenvalue weighted by Crippen LogP contribution is 2.29. The molecular formula is C23H31N7. The number of piperidine rings is 1. The molecule has 1 aliphatic heterocycles. The Morgan fingerprint density at radius 1 is 1.10 bits per heavy atom. The van der Waals surface area contributed by atoms with E-state index in [0.29, 0.717) is 5.92 Å². The summed E-state index contributed by atoms with van der Waals surface area (Å²) in [4.78, 5) is 16.3. The lowest BCUT2D eigenvalue weighted by Crippen LogP contribution is -2.34. The van der Waals surface area contributed by atoms with Crippen LogP contribution in [-0.4, -0.2) is 42.7 Å². The Bertz CT molecular complexity index is 1040. The maximum Gasteiger partial charge on any atom is 0.135 e. The van der Waals surface area contributed by atoms with Crippen molar-refractivity contribution in [1.29, 1.82) is 0 Å². The van der Waals surface area contributed by atoms with Crippen molar-refractivity contribution in [2.45, 2.75) is 53.0 Å². The van der Waals surface area contributed by atoms with Crippen molar-refractivity contribution in [1.82, 2.24) is 29.6 Å². The van der Waals surface area contributed by atoms with Gasteiger partial charge < -0.3 is 5.32 Å². The summed E-state index contributed by atoms with van der Waals surface area (Å²) in [5.74, 6) is 2.82. The lowest BCUT2D eigenvalue weighted by molar-refractivity contribution is 0.197. The number of nitrogens with zero attached hydrogens (tertiary/aromatic N) is 6. The summed E-state index contributed by atoms with van der Waals surface area (Å²) < 4.78 is 1.98. The van der Waals surface area contributed by atoms with Crippen LogP contribution in [0.4, 0.5) is 11.6 Å². The Labute approximate surface area is 178 Å². The number of pyridine rings is 1. The van der Waals surface area contributed by atoms with Gasteiger partial charge in [-0.25, -0.2) is 15.0 Å². The van der Waals surface area contributed by atoms with Gasteiger partial charge in [-0.05, 0) is 64.8 Å². The third-order valence-electron chi connectivity index (χ3n) is 5.99. The van der Waals surface area contributed by atoms with Crippen LogP contribution in [0.1, 0.15) is 52.8 Å². The first kappa shape index (κ1) is 20.5. The fourth-order valence-corrected chi connectivity index (χ4v) is 4.31. The molecule has 0 bridgehead atoms. The molecule has 0 amide bonds. The van der Waals surface area contributed by atoms with Crippen LogP contribution in [0.2, 0.25) is 0 Å². The molecule has 3 aromatic rings. The second-order valence-corrected chi connectivity index (χ2v) is 8.42. The molecule has 4 rings (SSSR count). The molecule has 0 spiro atoms. The van der Waals surface area contributed by atoms with E-state index < -0.39 is 0 Å². The number of anilines is 2. The zero-order chi connectivity index (χ0) is 21.3. The Balaban J connectivity index is 1.51. The Morgan fingerprint density at radius 3 is 2.67 bits per heavy atom. The van der Waals surface area contributed by atoms with E-state index in [1.165, 1.54) is 23.2 Å². The fourth-order valence-electron chi connectivity index (χ4n) is 4.31. The number of aromatic nitrogens is 5. The summed E-state index contributed by atoms with van der Waals surface area (Å²) >= 11 is 0. The first-order valence-electron chi connectivity index (χ1n) is 10.7. The third kappa shape index (κ3) is 4.51. The van der Waals surface area contributed by atoms with Crippen molar-refractivity contribution in [3.05, 3.63) is 58.4 Å². The molecule has 7 nitrogen and oxygen atoms in total. The lowest BCUT2D eigenvalue weighted by atomic mass is 9.94. The van der Waals surface area contributed by atoms with Crippen molar-refractivity contribution in [2.75, 3.05) is 18.4 Å². The second kappa shape index (κ2) is 8.52. The van der Waals surface area contributed by atoms with E-state index in [0.717, 1.165) is 54.9 Å². The summed E-state index contributed by atoms with van der Waals surface area (Å²) in [6, 6.07) is 6.11. The van der Waals surface area contributed by atoms with Gasteiger partial charge in [-0.2, -0.15) is 5.10 Å². The summed E-state index contributed by atoms with van der Waals surface area (Å²) in [5, 5.41) is 7.92. The van der Waals surface area contributed by atoms with Crippen molar-refractivity contribution in [3.63, 3.8) is 0 Å². The van der Waals surface area contributed by atoms with Gasteiger partial charge in [-0.1, -0.05) is 0 Å².